The first-order valence-electron chi connectivity index (χ1n) is 10.1. The average Bonchev–Trinajstić information content (AvgIpc) is 3.47. The van der Waals surface area contributed by atoms with Gasteiger partial charge in [-0.15, -0.1) is 11.3 Å². The zero-order valence-electron chi connectivity index (χ0n) is 16.9. The fourth-order valence-electron chi connectivity index (χ4n) is 3.27. The number of ether oxygens (including phenoxy) is 2. The van der Waals surface area contributed by atoms with Crippen molar-refractivity contribution in [3.8, 4) is 28.4 Å². The Bertz CT molecular complexity index is 1160. The molecule has 1 fully saturated rings. The topological polar surface area (TPSA) is 77.1 Å². The number of nitrogens with one attached hydrogen (secondary N) is 1. The summed E-state index contributed by atoms with van der Waals surface area (Å²) in [5.74, 6) is 1.29. The Balaban J connectivity index is 0.00000106. The highest BCUT2D eigenvalue weighted by Gasteiger charge is 2.18. The lowest BCUT2D eigenvalue weighted by molar-refractivity contribution is 0.141. The van der Waals surface area contributed by atoms with Gasteiger partial charge in [0.25, 0.3) is 5.56 Å². The normalized spacial score (nSPS) is 15.6. The molecule has 6 nitrogen and oxygen atoms in total. The van der Waals surface area contributed by atoms with Crippen molar-refractivity contribution in [1.29, 1.82) is 0 Å². The molecule has 0 spiro atoms. The molecule has 1 aliphatic heterocycles. The van der Waals surface area contributed by atoms with Crippen molar-refractivity contribution >= 4 is 21.6 Å². The van der Waals surface area contributed by atoms with Crippen LogP contribution in [0.5, 0.6) is 5.75 Å². The molecule has 1 atom stereocenters. The maximum Gasteiger partial charge on any atom is 0.269 e. The van der Waals surface area contributed by atoms with E-state index in [-0.39, 0.29) is 11.7 Å². The van der Waals surface area contributed by atoms with E-state index in [1.807, 2.05) is 61.7 Å². The fourth-order valence-corrected chi connectivity index (χ4v) is 4.18. The van der Waals surface area contributed by atoms with Crippen LogP contribution in [0.4, 0.5) is 0 Å². The SMILES string of the molecule is CC.O=c1[nH]c(-c2ccccn2)nc2c(-c3ccc(OC4CCOC4)cc3)csc12. The van der Waals surface area contributed by atoms with E-state index in [1.54, 1.807) is 6.20 Å². The van der Waals surface area contributed by atoms with Crippen LogP contribution in [-0.4, -0.2) is 34.3 Å². The Labute approximate surface area is 178 Å². The summed E-state index contributed by atoms with van der Waals surface area (Å²) in [6, 6.07) is 13.4. The number of fused-ring (bicyclic) bond motifs is 1. The van der Waals surface area contributed by atoms with E-state index >= 15 is 0 Å². The molecule has 0 radical (unpaired) electrons. The van der Waals surface area contributed by atoms with Crippen LogP contribution >= 0.6 is 11.3 Å². The first kappa shape index (κ1) is 20.3. The van der Waals surface area contributed by atoms with Gasteiger partial charge in [-0.3, -0.25) is 9.78 Å². The van der Waals surface area contributed by atoms with E-state index in [4.69, 9.17) is 14.5 Å². The maximum atomic E-state index is 12.5. The number of nitrogens with zero attached hydrogens (tertiary/aromatic N) is 2. The van der Waals surface area contributed by atoms with Crippen LogP contribution in [0.3, 0.4) is 0 Å². The summed E-state index contributed by atoms with van der Waals surface area (Å²) in [6.07, 6.45) is 2.72. The lowest BCUT2D eigenvalue weighted by Gasteiger charge is -2.12. The van der Waals surface area contributed by atoms with E-state index in [2.05, 4.69) is 9.97 Å². The number of thiophene rings is 1. The van der Waals surface area contributed by atoms with Crippen LogP contribution < -0.4 is 10.3 Å². The highest BCUT2D eigenvalue weighted by Crippen LogP contribution is 2.33. The number of aromatic nitrogens is 3. The summed E-state index contributed by atoms with van der Waals surface area (Å²) in [7, 11) is 0. The van der Waals surface area contributed by atoms with Crippen LogP contribution in [-0.2, 0) is 4.74 Å². The molecule has 0 bridgehead atoms. The third-order valence-electron chi connectivity index (χ3n) is 4.69. The number of hydrogen-bond acceptors (Lipinski definition) is 6. The fraction of sp³-hybridized carbons (Fsp3) is 0.261. The predicted octanol–water partition coefficient (Wildman–Crippen LogP) is 4.91. The number of benzene rings is 1. The quantitative estimate of drug-likeness (QED) is 0.507. The second kappa shape index (κ2) is 9.19. The van der Waals surface area contributed by atoms with Gasteiger partial charge in [0.2, 0.25) is 0 Å². The number of hydrogen-bond donors (Lipinski definition) is 1. The summed E-state index contributed by atoms with van der Waals surface area (Å²) in [5.41, 5.74) is 3.10. The van der Waals surface area contributed by atoms with E-state index in [1.165, 1.54) is 11.3 Å². The van der Waals surface area contributed by atoms with Crippen LogP contribution in [0.25, 0.3) is 32.9 Å². The van der Waals surface area contributed by atoms with E-state index in [0.717, 1.165) is 29.9 Å². The summed E-state index contributed by atoms with van der Waals surface area (Å²) in [5, 5.41) is 1.97. The lowest BCUT2D eigenvalue weighted by atomic mass is 10.1. The minimum atomic E-state index is -0.150. The largest absolute Gasteiger partial charge is 0.488 e. The van der Waals surface area contributed by atoms with Crippen molar-refractivity contribution in [2.45, 2.75) is 26.4 Å². The van der Waals surface area contributed by atoms with E-state index in [9.17, 15) is 4.79 Å². The average molecular weight is 422 g/mol. The number of H-pyrrole nitrogens is 1. The first-order chi connectivity index (χ1) is 14.8. The molecule has 1 N–H and O–H groups in total. The van der Waals surface area contributed by atoms with Crippen molar-refractivity contribution in [2.24, 2.45) is 0 Å². The van der Waals surface area contributed by atoms with E-state index in [0.29, 0.717) is 28.3 Å². The molecule has 1 saturated heterocycles. The zero-order valence-corrected chi connectivity index (χ0v) is 17.7. The Morgan fingerprint density at radius 3 is 2.70 bits per heavy atom. The highest BCUT2D eigenvalue weighted by atomic mass is 32.1. The number of aromatic amines is 1. The van der Waals surface area contributed by atoms with Gasteiger partial charge < -0.3 is 14.5 Å². The summed E-state index contributed by atoms with van der Waals surface area (Å²) >= 11 is 1.40. The molecule has 4 aromatic rings. The molecule has 0 amide bonds. The summed E-state index contributed by atoms with van der Waals surface area (Å²) < 4.78 is 11.9. The van der Waals surface area contributed by atoms with Crippen molar-refractivity contribution in [3.05, 3.63) is 64.4 Å². The Morgan fingerprint density at radius 2 is 2.00 bits per heavy atom. The Hall–Kier alpha value is -3.03. The monoisotopic (exact) mass is 421 g/mol. The van der Waals surface area contributed by atoms with Gasteiger partial charge in [0.1, 0.15) is 22.2 Å². The van der Waals surface area contributed by atoms with Gasteiger partial charge in [-0.2, -0.15) is 0 Å². The molecule has 30 heavy (non-hydrogen) atoms. The standard InChI is InChI=1S/C21H17N3O3S.C2H6/c25-21-19-18(23-20(24-21)17-3-1-2-9-22-17)16(12-28-19)13-4-6-14(7-5-13)27-15-8-10-26-11-15;1-2/h1-7,9,12,15H,8,10-11H2,(H,23,24,25);1-2H3. The smallest absolute Gasteiger partial charge is 0.269 e. The third-order valence-corrected chi connectivity index (χ3v) is 5.66. The number of pyridine rings is 1. The number of rotatable bonds is 4. The molecular formula is C23H23N3O3S. The zero-order chi connectivity index (χ0) is 20.9. The molecule has 0 aliphatic carbocycles. The van der Waals surface area contributed by atoms with Gasteiger partial charge >= 0.3 is 0 Å². The van der Waals surface area contributed by atoms with Crippen molar-refractivity contribution < 1.29 is 9.47 Å². The van der Waals surface area contributed by atoms with Gasteiger partial charge in [0.05, 0.1) is 18.7 Å². The molecule has 4 heterocycles. The van der Waals surface area contributed by atoms with Crippen molar-refractivity contribution in [3.63, 3.8) is 0 Å². The minimum Gasteiger partial charge on any atom is -0.488 e. The molecule has 7 heteroatoms. The van der Waals surface area contributed by atoms with Crippen LogP contribution in [0.1, 0.15) is 20.3 Å². The molecule has 154 valence electrons. The first-order valence-corrected chi connectivity index (χ1v) is 10.9. The van der Waals surface area contributed by atoms with Crippen molar-refractivity contribution in [2.75, 3.05) is 13.2 Å². The van der Waals surface area contributed by atoms with Gasteiger partial charge in [0.15, 0.2) is 5.82 Å². The molecule has 0 saturated carbocycles. The maximum absolute atomic E-state index is 12.5. The van der Waals surface area contributed by atoms with Crippen LogP contribution in [0, 0.1) is 0 Å². The third kappa shape index (κ3) is 4.13. The van der Waals surface area contributed by atoms with Gasteiger partial charge in [0, 0.05) is 23.6 Å². The molecule has 1 aliphatic rings. The molecule has 5 rings (SSSR count). The molecular weight excluding hydrogens is 398 g/mol. The highest BCUT2D eigenvalue weighted by molar-refractivity contribution is 7.17. The molecule has 1 aromatic carbocycles. The van der Waals surface area contributed by atoms with Gasteiger partial charge in [-0.25, -0.2) is 4.98 Å². The van der Waals surface area contributed by atoms with Crippen LogP contribution in [0.2, 0.25) is 0 Å². The second-order valence-electron chi connectivity index (χ2n) is 6.58. The summed E-state index contributed by atoms with van der Waals surface area (Å²) in [4.78, 5) is 24.3. The molecule has 3 aromatic heterocycles. The second-order valence-corrected chi connectivity index (χ2v) is 7.46. The predicted molar refractivity (Wildman–Crippen MR) is 120 cm³/mol. The Morgan fingerprint density at radius 1 is 1.17 bits per heavy atom. The lowest BCUT2D eigenvalue weighted by Crippen LogP contribution is -2.15. The van der Waals surface area contributed by atoms with Crippen molar-refractivity contribution in [1.82, 2.24) is 15.0 Å². The molecule has 1 unspecified atom stereocenters. The minimum absolute atomic E-state index is 0.119. The van der Waals surface area contributed by atoms with E-state index < -0.39 is 0 Å². The van der Waals surface area contributed by atoms with Gasteiger partial charge in [-0.05, 0) is 29.8 Å². The Kier molecular flexibility index (Phi) is 6.21. The van der Waals surface area contributed by atoms with Crippen LogP contribution in [0.15, 0.2) is 58.8 Å². The summed E-state index contributed by atoms with van der Waals surface area (Å²) in [6.45, 7) is 5.39. The van der Waals surface area contributed by atoms with Gasteiger partial charge in [-0.1, -0.05) is 32.0 Å².